The van der Waals surface area contributed by atoms with Crippen molar-refractivity contribution in [3.63, 3.8) is 0 Å². The lowest BCUT2D eigenvalue weighted by atomic mass is 10.1. The molecule has 0 aliphatic rings. The Morgan fingerprint density at radius 2 is 1.88 bits per heavy atom. The van der Waals surface area contributed by atoms with E-state index in [9.17, 15) is 9.59 Å². The lowest BCUT2D eigenvalue weighted by Gasteiger charge is -2.11. The van der Waals surface area contributed by atoms with Crippen LogP contribution in [0, 0.1) is 0 Å². The van der Waals surface area contributed by atoms with Crippen LogP contribution in [0.4, 0.5) is 0 Å². The van der Waals surface area contributed by atoms with Gasteiger partial charge in [0.2, 0.25) is 0 Å². The van der Waals surface area contributed by atoms with Gasteiger partial charge >= 0.3 is 5.97 Å². The van der Waals surface area contributed by atoms with E-state index in [-0.39, 0.29) is 18.1 Å². The second-order valence-electron chi connectivity index (χ2n) is 7.33. The van der Waals surface area contributed by atoms with E-state index in [4.69, 9.17) is 14.2 Å². The number of benzene rings is 2. The SMILES string of the molecule is CCOC(=O)c1cc2cc(-c3nccc(C(=O)NCc4ccc(OC)cc4OC)n3)ccc2[nH]1. The first kappa shape index (κ1) is 22.8. The van der Waals surface area contributed by atoms with Crippen LogP contribution < -0.4 is 14.8 Å². The standard InChI is InChI=1S/C25H24N4O5/c1-4-34-25(31)21-12-17-11-15(6-8-19(17)28-21)23-26-10-9-20(29-23)24(30)27-14-16-5-7-18(32-2)13-22(16)33-3/h5-13,28H,4,14H2,1-3H3,(H,27,30). The molecule has 2 N–H and O–H groups in total. The molecule has 0 saturated carbocycles. The highest BCUT2D eigenvalue weighted by atomic mass is 16.5. The third-order valence-electron chi connectivity index (χ3n) is 5.20. The van der Waals surface area contributed by atoms with Gasteiger partial charge in [0, 0.05) is 40.8 Å². The summed E-state index contributed by atoms with van der Waals surface area (Å²) in [6.45, 7) is 2.32. The molecule has 9 nitrogen and oxygen atoms in total. The third-order valence-corrected chi connectivity index (χ3v) is 5.20. The summed E-state index contributed by atoms with van der Waals surface area (Å²) in [6, 6.07) is 14.2. The lowest BCUT2D eigenvalue weighted by molar-refractivity contribution is 0.0520. The normalized spacial score (nSPS) is 10.7. The van der Waals surface area contributed by atoms with E-state index in [1.54, 1.807) is 45.4 Å². The Labute approximate surface area is 196 Å². The maximum atomic E-state index is 12.8. The molecule has 9 heteroatoms. The number of carbonyl (C=O) groups excluding carboxylic acids is 2. The summed E-state index contributed by atoms with van der Waals surface area (Å²) >= 11 is 0. The van der Waals surface area contributed by atoms with Crippen LogP contribution in [-0.4, -0.2) is 47.7 Å². The zero-order valence-electron chi connectivity index (χ0n) is 19.0. The second-order valence-corrected chi connectivity index (χ2v) is 7.33. The maximum Gasteiger partial charge on any atom is 0.354 e. The first-order chi connectivity index (χ1) is 16.5. The Kier molecular flexibility index (Phi) is 6.72. The molecule has 34 heavy (non-hydrogen) atoms. The van der Waals surface area contributed by atoms with Crippen LogP contribution in [0.5, 0.6) is 11.5 Å². The van der Waals surface area contributed by atoms with E-state index in [1.165, 1.54) is 6.20 Å². The lowest BCUT2D eigenvalue weighted by Crippen LogP contribution is -2.24. The highest BCUT2D eigenvalue weighted by molar-refractivity contribution is 5.96. The van der Waals surface area contributed by atoms with Crippen LogP contribution in [-0.2, 0) is 11.3 Å². The minimum atomic E-state index is -0.413. The zero-order chi connectivity index (χ0) is 24.1. The number of aromatic nitrogens is 3. The molecule has 1 amide bonds. The molecule has 0 atom stereocenters. The van der Waals surface area contributed by atoms with Gasteiger partial charge in [-0.05, 0) is 49.4 Å². The topological polar surface area (TPSA) is 115 Å². The highest BCUT2D eigenvalue weighted by Gasteiger charge is 2.14. The molecule has 4 rings (SSSR count). The summed E-state index contributed by atoms with van der Waals surface area (Å²) in [5, 5.41) is 3.67. The van der Waals surface area contributed by atoms with Crippen LogP contribution in [0.2, 0.25) is 0 Å². The molecule has 174 valence electrons. The van der Waals surface area contributed by atoms with Crippen molar-refractivity contribution in [2.24, 2.45) is 0 Å². The van der Waals surface area contributed by atoms with Gasteiger partial charge in [0.05, 0.1) is 20.8 Å². The van der Waals surface area contributed by atoms with Crippen LogP contribution in [0.1, 0.15) is 33.5 Å². The van der Waals surface area contributed by atoms with Gasteiger partial charge in [-0.3, -0.25) is 4.79 Å². The monoisotopic (exact) mass is 460 g/mol. The molecule has 2 heterocycles. The number of methoxy groups -OCH3 is 2. The van der Waals surface area contributed by atoms with Crippen LogP contribution in [0.25, 0.3) is 22.3 Å². The number of ether oxygens (including phenoxy) is 3. The van der Waals surface area contributed by atoms with Gasteiger partial charge in [0.1, 0.15) is 22.9 Å². The summed E-state index contributed by atoms with van der Waals surface area (Å²) in [6.07, 6.45) is 1.54. The first-order valence-electron chi connectivity index (χ1n) is 10.6. The number of nitrogens with one attached hydrogen (secondary N) is 2. The fourth-order valence-corrected chi connectivity index (χ4v) is 3.48. The van der Waals surface area contributed by atoms with Crippen molar-refractivity contribution in [3.05, 3.63) is 71.7 Å². The van der Waals surface area contributed by atoms with Crippen molar-refractivity contribution in [1.29, 1.82) is 0 Å². The van der Waals surface area contributed by atoms with Gasteiger partial charge in [-0.1, -0.05) is 0 Å². The Balaban J connectivity index is 1.52. The average Bonchev–Trinajstić information content (AvgIpc) is 3.31. The van der Waals surface area contributed by atoms with Crippen molar-refractivity contribution in [2.45, 2.75) is 13.5 Å². The van der Waals surface area contributed by atoms with Crippen LogP contribution >= 0.6 is 0 Å². The van der Waals surface area contributed by atoms with Crippen LogP contribution in [0.15, 0.2) is 54.7 Å². The number of esters is 1. The number of nitrogens with zero attached hydrogens (tertiary/aromatic N) is 2. The minimum Gasteiger partial charge on any atom is -0.497 e. The van der Waals surface area contributed by atoms with E-state index < -0.39 is 5.97 Å². The summed E-state index contributed by atoms with van der Waals surface area (Å²) in [7, 11) is 3.14. The zero-order valence-corrected chi connectivity index (χ0v) is 19.0. The summed E-state index contributed by atoms with van der Waals surface area (Å²) in [5.41, 5.74) is 2.92. The van der Waals surface area contributed by atoms with Gasteiger partial charge in [-0.2, -0.15) is 0 Å². The molecular formula is C25H24N4O5. The number of carbonyl (C=O) groups is 2. The molecule has 0 aliphatic carbocycles. The number of hydrogen-bond acceptors (Lipinski definition) is 7. The van der Waals surface area contributed by atoms with Crippen molar-refractivity contribution in [2.75, 3.05) is 20.8 Å². The van der Waals surface area contributed by atoms with E-state index >= 15 is 0 Å². The summed E-state index contributed by atoms with van der Waals surface area (Å²) < 4.78 is 15.6. The predicted molar refractivity (Wildman–Crippen MR) is 126 cm³/mol. The molecule has 0 radical (unpaired) electrons. The van der Waals surface area contributed by atoms with Crippen molar-refractivity contribution >= 4 is 22.8 Å². The van der Waals surface area contributed by atoms with Crippen LogP contribution in [0.3, 0.4) is 0 Å². The Hall–Kier alpha value is -4.40. The Bertz CT molecular complexity index is 1350. The van der Waals surface area contributed by atoms with Gasteiger partial charge < -0.3 is 24.5 Å². The molecule has 0 spiro atoms. The fourth-order valence-electron chi connectivity index (χ4n) is 3.48. The molecule has 2 aromatic carbocycles. The Morgan fingerprint density at radius 1 is 1.03 bits per heavy atom. The number of hydrogen-bond donors (Lipinski definition) is 2. The summed E-state index contributed by atoms with van der Waals surface area (Å²) in [5.74, 6) is 0.930. The van der Waals surface area contributed by atoms with E-state index in [1.807, 2.05) is 24.3 Å². The number of H-pyrrole nitrogens is 1. The third kappa shape index (κ3) is 4.83. The molecule has 4 aromatic rings. The molecule has 0 aliphatic heterocycles. The molecule has 0 bridgehead atoms. The van der Waals surface area contributed by atoms with Gasteiger partial charge in [-0.25, -0.2) is 14.8 Å². The first-order valence-corrected chi connectivity index (χ1v) is 10.6. The number of fused-ring (bicyclic) bond motifs is 1. The molecule has 0 unspecified atom stereocenters. The predicted octanol–water partition coefficient (Wildman–Crippen LogP) is 3.75. The van der Waals surface area contributed by atoms with Crippen molar-refractivity contribution < 1.29 is 23.8 Å². The largest absolute Gasteiger partial charge is 0.497 e. The van der Waals surface area contributed by atoms with Gasteiger partial charge in [0.15, 0.2) is 5.82 Å². The van der Waals surface area contributed by atoms with E-state index in [0.717, 1.165) is 16.5 Å². The Morgan fingerprint density at radius 3 is 2.65 bits per heavy atom. The second kappa shape index (κ2) is 10.0. The minimum absolute atomic E-state index is 0.235. The molecule has 0 saturated heterocycles. The summed E-state index contributed by atoms with van der Waals surface area (Å²) in [4.78, 5) is 36.5. The average molecular weight is 460 g/mol. The van der Waals surface area contributed by atoms with Crippen molar-refractivity contribution in [1.82, 2.24) is 20.3 Å². The van der Waals surface area contributed by atoms with Crippen molar-refractivity contribution in [3.8, 4) is 22.9 Å². The maximum absolute atomic E-state index is 12.8. The highest BCUT2D eigenvalue weighted by Crippen LogP contribution is 2.25. The van der Waals surface area contributed by atoms with Gasteiger partial charge in [0.25, 0.3) is 5.91 Å². The molecule has 0 fully saturated rings. The van der Waals surface area contributed by atoms with E-state index in [2.05, 4.69) is 20.3 Å². The fraction of sp³-hybridized carbons (Fsp3) is 0.200. The number of rotatable bonds is 8. The van der Waals surface area contributed by atoms with E-state index in [0.29, 0.717) is 35.2 Å². The quantitative estimate of drug-likeness (QED) is 0.385. The number of aromatic amines is 1. The number of amides is 1. The molecular weight excluding hydrogens is 436 g/mol. The smallest absolute Gasteiger partial charge is 0.354 e. The van der Waals surface area contributed by atoms with Gasteiger partial charge in [-0.15, -0.1) is 0 Å². The molecule has 2 aromatic heterocycles.